The molecule has 0 radical (unpaired) electrons. The Morgan fingerprint density at radius 2 is 2.14 bits per heavy atom. The number of halogens is 1. The minimum atomic E-state index is 0.422. The van der Waals surface area contributed by atoms with Crippen LogP contribution in [0.3, 0.4) is 0 Å². The first-order valence-corrected chi connectivity index (χ1v) is 4.47. The number of ether oxygens (including phenoxy) is 2. The van der Waals surface area contributed by atoms with E-state index in [4.69, 9.17) is 21.1 Å². The van der Waals surface area contributed by atoms with Gasteiger partial charge in [0.15, 0.2) is 0 Å². The molecule has 0 unspecified atom stereocenters. The van der Waals surface area contributed by atoms with Crippen LogP contribution in [0.15, 0.2) is 18.2 Å². The van der Waals surface area contributed by atoms with Gasteiger partial charge in [0.25, 0.3) is 0 Å². The Kier molecular flexibility index (Phi) is 4.31. The summed E-state index contributed by atoms with van der Waals surface area (Å²) in [6.45, 7) is 0.422. The zero-order valence-corrected chi connectivity index (χ0v) is 8.89. The summed E-state index contributed by atoms with van der Waals surface area (Å²) in [5.41, 5.74) is 0.864. The zero-order valence-electron chi connectivity index (χ0n) is 8.13. The summed E-state index contributed by atoms with van der Waals surface area (Å²) in [5.74, 6) is 6.42. The Balaban J connectivity index is 2.86. The molecular formula is C11H11ClO2. The topological polar surface area (TPSA) is 18.5 Å². The molecule has 1 aromatic rings. The Hall–Kier alpha value is -1.17. The van der Waals surface area contributed by atoms with E-state index in [1.165, 1.54) is 0 Å². The third-order valence-electron chi connectivity index (χ3n) is 1.60. The van der Waals surface area contributed by atoms with Crippen molar-refractivity contribution < 1.29 is 9.47 Å². The second-order valence-corrected chi connectivity index (χ2v) is 2.99. The molecule has 0 aliphatic carbocycles. The van der Waals surface area contributed by atoms with Gasteiger partial charge < -0.3 is 9.47 Å². The molecule has 0 heterocycles. The predicted molar refractivity (Wildman–Crippen MR) is 56.8 cm³/mol. The van der Waals surface area contributed by atoms with E-state index in [2.05, 4.69) is 11.8 Å². The standard InChI is InChI=1S/C11H11ClO2/c1-13-7-3-4-9-5-6-10(12)11(8-9)14-2/h5-6,8H,7H2,1-2H3. The highest BCUT2D eigenvalue weighted by molar-refractivity contribution is 6.32. The van der Waals surface area contributed by atoms with Gasteiger partial charge in [0.05, 0.1) is 12.1 Å². The smallest absolute Gasteiger partial charge is 0.138 e. The molecule has 0 saturated heterocycles. The summed E-state index contributed by atoms with van der Waals surface area (Å²) in [6, 6.07) is 5.40. The summed E-state index contributed by atoms with van der Waals surface area (Å²) in [6.07, 6.45) is 0. The van der Waals surface area contributed by atoms with Crippen LogP contribution in [0.1, 0.15) is 5.56 Å². The lowest BCUT2D eigenvalue weighted by Gasteiger charge is -2.01. The molecule has 0 fully saturated rings. The fourth-order valence-electron chi connectivity index (χ4n) is 0.948. The van der Waals surface area contributed by atoms with Crippen LogP contribution in [0, 0.1) is 11.8 Å². The number of methoxy groups -OCH3 is 2. The summed E-state index contributed by atoms with van der Waals surface area (Å²) in [7, 11) is 3.19. The molecule has 0 saturated carbocycles. The maximum Gasteiger partial charge on any atom is 0.138 e. The Bertz CT molecular complexity index is 363. The Morgan fingerprint density at radius 1 is 1.36 bits per heavy atom. The van der Waals surface area contributed by atoms with Crippen LogP contribution in [-0.2, 0) is 4.74 Å². The lowest BCUT2D eigenvalue weighted by atomic mass is 10.2. The van der Waals surface area contributed by atoms with Crippen LogP contribution in [0.4, 0.5) is 0 Å². The monoisotopic (exact) mass is 210 g/mol. The van der Waals surface area contributed by atoms with E-state index in [1.54, 1.807) is 26.4 Å². The zero-order chi connectivity index (χ0) is 10.4. The van der Waals surface area contributed by atoms with Gasteiger partial charge in [-0.05, 0) is 18.2 Å². The summed E-state index contributed by atoms with van der Waals surface area (Å²) in [4.78, 5) is 0. The maximum atomic E-state index is 5.86. The highest BCUT2D eigenvalue weighted by atomic mass is 35.5. The molecule has 0 aromatic heterocycles. The van der Waals surface area contributed by atoms with Gasteiger partial charge in [-0.25, -0.2) is 0 Å². The van der Waals surface area contributed by atoms with Gasteiger partial charge in [0.2, 0.25) is 0 Å². The summed E-state index contributed by atoms with van der Waals surface area (Å²) in [5, 5.41) is 0.588. The fraction of sp³-hybridized carbons (Fsp3) is 0.273. The van der Waals surface area contributed by atoms with E-state index in [0.717, 1.165) is 5.56 Å². The fourth-order valence-corrected chi connectivity index (χ4v) is 1.14. The number of benzene rings is 1. The summed E-state index contributed by atoms with van der Waals surface area (Å²) < 4.78 is 9.87. The second-order valence-electron chi connectivity index (χ2n) is 2.58. The van der Waals surface area contributed by atoms with Crippen molar-refractivity contribution in [1.29, 1.82) is 0 Å². The van der Waals surface area contributed by atoms with Gasteiger partial charge in [-0.15, -0.1) is 0 Å². The minimum Gasteiger partial charge on any atom is -0.495 e. The third-order valence-corrected chi connectivity index (χ3v) is 1.91. The number of hydrogen-bond donors (Lipinski definition) is 0. The predicted octanol–water partition coefficient (Wildman–Crippen LogP) is 2.35. The van der Waals surface area contributed by atoms with Crippen LogP contribution in [0.2, 0.25) is 5.02 Å². The van der Waals surface area contributed by atoms with Gasteiger partial charge >= 0.3 is 0 Å². The highest BCUT2D eigenvalue weighted by Crippen LogP contribution is 2.24. The molecule has 1 rings (SSSR count). The molecule has 1 aromatic carbocycles. The van der Waals surface area contributed by atoms with Crippen molar-refractivity contribution in [2.45, 2.75) is 0 Å². The first-order valence-electron chi connectivity index (χ1n) is 4.09. The van der Waals surface area contributed by atoms with Crippen LogP contribution >= 0.6 is 11.6 Å². The molecule has 0 aliphatic heterocycles. The van der Waals surface area contributed by atoms with E-state index < -0.39 is 0 Å². The van der Waals surface area contributed by atoms with Crippen LogP contribution in [0.25, 0.3) is 0 Å². The lowest BCUT2D eigenvalue weighted by molar-refractivity contribution is 0.240. The molecular weight excluding hydrogens is 200 g/mol. The third kappa shape index (κ3) is 2.95. The van der Waals surface area contributed by atoms with Crippen LogP contribution in [-0.4, -0.2) is 20.8 Å². The largest absolute Gasteiger partial charge is 0.495 e. The van der Waals surface area contributed by atoms with Crippen LogP contribution in [0.5, 0.6) is 5.75 Å². The van der Waals surface area contributed by atoms with Crippen LogP contribution < -0.4 is 4.74 Å². The normalized spacial score (nSPS) is 9.07. The quantitative estimate of drug-likeness (QED) is 0.698. The minimum absolute atomic E-state index is 0.422. The first-order chi connectivity index (χ1) is 6.77. The second kappa shape index (κ2) is 5.54. The molecule has 0 bridgehead atoms. The number of rotatable bonds is 2. The average Bonchev–Trinajstić information content (AvgIpc) is 2.21. The van der Waals surface area contributed by atoms with E-state index in [1.807, 2.05) is 6.07 Å². The van der Waals surface area contributed by atoms with E-state index in [9.17, 15) is 0 Å². The molecule has 2 nitrogen and oxygen atoms in total. The van der Waals surface area contributed by atoms with Crippen molar-refractivity contribution >= 4 is 11.6 Å². The van der Waals surface area contributed by atoms with Crippen molar-refractivity contribution in [3.63, 3.8) is 0 Å². The molecule has 0 atom stereocenters. The molecule has 14 heavy (non-hydrogen) atoms. The van der Waals surface area contributed by atoms with E-state index in [-0.39, 0.29) is 0 Å². The van der Waals surface area contributed by atoms with E-state index in [0.29, 0.717) is 17.4 Å². The molecule has 3 heteroatoms. The molecule has 0 N–H and O–H groups in total. The van der Waals surface area contributed by atoms with Crippen molar-refractivity contribution in [3.8, 4) is 17.6 Å². The van der Waals surface area contributed by atoms with Crippen molar-refractivity contribution in [1.82, 2.24) is 0 Å². The summed E-state index contributed by atoms with van der Waals surface area (Å²) >= 11 is 5.86. The Morgan fingerprint density at radius 3 is 2.79 bits per heavy atom. The Labute approximate surface area is 88.8 Å². The van der Waals surface area contributed by atoms with Crippen molar-refractivity contribution in [3.05, 3.63) is 28.8 Å². The van der Waals surface area contributed by atoms with Gasteiger partial charge in [0.1, 0.15) is 12.4 Å². The van der Waals surface area contributed by atoms with Gasteiger partial charge in [0, 0.05) is 12.7 Å². The lowest BCUT2D eigenvalue weighted by Crippen LogP contribution is -1.86. The molecule has 74 valence electrons. The maximum absolute atomic E-state index is 5.86. The highest BCUT2D eigenvalue weighted by Gasteiger charge is 1.99. The van der Waals surface area contributed by atoms with Gasteiger partial charge in [-0.3, -0.25) is 0 Å². The first kappa shape index (κ1) is 10.9. The van der Waals surface area contributed by atoms with Gasteiger partial charge in [-0.1, -0.05) is 23.4 Å². The molecule has 0 spiro atoms. The van der Waals surface area contributed by atoms with Crippen molar-refractivity contribution in [2.24, 2.45) is 0 Å². The SMILES string of the molecule is COCC#Cc1ccc(Cl)c(OC)c1. The average molecular weight is 211 g/mol. The molecule has 0 aliphatic rings. The van der Waals surface area contributed by atoms with Gasteiger partial charge in [-0.2, -0.15) is 0 Å². The van der Waals surface area contributed by atoms with Crippen molar-refractivity contribution in [2.75, 3.05) is 20.8 Å². The number of hydrogen-bond acceptors (Lipinski definition) is 2. The van der Waals surface area contributed by atoms with E-state index >= 15 is 0 Å². The molecule has 0 amide bonds.